The molecule has 0 bridgehead atoms. The second-order valence-electron chi connectivity index (χ2n) is 8.04. The van der Waals surface area contributed by atoms with Crippen LogP contribution in [0.3, 0.4) is 0 Å². The van der Waals surface area contributed by atoms with Crippen molar-refractivity contribution in [2.75, 3.05) is 20.3 Å². The van der Waals surface area contributed by atoms with Gasteiger partial charge in [0.25, 0.3) is 0 Å². The third-order valence-corrected chi connectivity index (χ3v) is 6.40. The summed E-state index contributed by atoms with van der Waals surface area (Å²) in [6.07, 6.45) is 9.95. The van der Waals surface area contributed by atoms with E-state index >= 15 is 0 Å². The maximum absolute atomic E-state index is 10.2. The number of aromatic nitrogens is 2. The number of likely N-dealkylation sites (tertiary alicyclic amines) is 1. The van der Waals surface area contributed by atoms with Crippen molar-refractivity contribution in [1.82, 2.24) is 14.5 Å². The maximum atomic E-state index is 10.2. The van der Waals surface area contributed by atoms with E-state index < -0.39 is 0 Å². The lowest BCUT2D eigenvalue weighted by Gasteiger charge is -2.42. The molecule has 152 valence electrons. The molecule has 1 N–H and O–H groups in total. The average molecular weight is 386 g/mol. The van der Waals surface area contributed by atoms with Crippen molar-refractivity contribution >= 4 is 0 Å². The van der Waals surface area contributed by atoms with E-state index in [4.69, 9.17) is 9.47 Å². The van der Waals surface area contributed by atoms with Crippen molar-refractivity contribution in [2.24, 2.45) is 0 Å². The van der Waals surface area contributed by atoms with Crippen LogP contribution in [0.15, 0.2) is 43.0 Å². The predicted octanol–water partition coefficient (Wildman–Crippen LogP) is 2.86. The zero-order valence-electron chi connectivity index (χ0n) is 16.7. The summed E-state index contributed by atoms with van der Waals surface area (Å²) in [7, 11) is 1.82. The van der Waals surface area contributed by atoms with Crippen LogP contribution in [0.1, 0.15) is 37.7 Å². The molecule has 2 aromatic rings. The van der Waals surface area contributed by atoms with Crippen molar-refractivity contribution in [1.29, 1.82) is 0 Å². The fourth-order valence-electron chi connectivity index (χ4n) is 4.80. The van der Waals surface area contributed by atoms with Crippen LogP contribution in [0.2, 0.25) is 0 Å². The van der Waals surface area contributed by atoms with Gasteiger partial charge in [-0.2, -0.15) is 0 Å². The van der Waals surface area contributed by atoms with Crippen LogP contribution in [0.5, 0.6) is 5.75 Å². The molecule has 0 spiro atoms. The minimum absolute atomic E-state index is 0.0974. The van der Waals surface area contributed by atoms with E-state index in [1.807, 2.05) is 25.7 Å². The molecule has 1 aliphatic heterocycles. The van der Waals surface area contributed by atoms with Gasteiger partial charge in [0.15, 0.2) is 0 Å². The largest absolute Gasteiger partial charge is 0.493 e. The van der Waals surface area contributed by atoms with Crippen molar-refractivity contribution in [3.8, 4) is 5.75 Å². The Hall–Kier alpha value is -1.89. The van der Waals surface area contributed by atoms with Gasteiger partial charge in [0.05, 0.1) is 24.6 Å². The monoisotopic (exact) mass is 385 g/mol. The molecule has 1 aromatic carbocycles. The van der Waals surface area contributed by atoms with Crippen LogP contribution in [0, 0.1) is 0 Å². The molecule has 2 fully saturated rings. The van der Waals surface area contributed by atoms with E-state index in [0.717, 1.165) is 57.5 Å². The molecule has 3 atom stereocenters. The first-order chi connectivity index (χ1) is 13.7. The molecule has 28 heavy (non-hydrogen) atoms. The van der Waals surface area contributed by atoms with Crippen molar-refractivity contribution < 1.29 is 14.6 Å². The quantitative estimate of drug-likeness (QED) is 0.708. The number of nitrogens with zero attached hydrogens (tertiary/aromatic N) is 3. The molecular weight excluding hydrogens is 354 g/mol. The van der Waals surface area contributed by atoms with Gasteiger partial charge < -0.3 is 19.1 Å². The van der Waals surface area contributed by atoms with E-state index in [9.17, 15) is 5.11 Å². The number of hydrogen-bond donors (Lipinski definition) is 1. The summed E-state index contributed by atoms with van der Waals surface area (Å²) >= 11 is 0. The standard InChI is InChI=1S/C22H31N3O3/c1-27-22-8-7-19(26)15-21(22)25(12-9-22)16-18-5-2-3-6-20(18)28-14-4-11-24-13-10-23-17-24/h2-3,5-6,10,13,17,19,21,26H,4,7-9,11-12,14-16H2,1H3/t19-,21+,22-/m1/s1. The lowest BCUT2D eigenvalue weighted by molar-refractivity contribution is -0.0880. The lowest BCUT2D eigenvalue weighted by atomic mass is 9.79. The van der Waals surface area contributed by atoms with Gasteiger partial charge in [-0.1, -0.05) is 18.2 Å². The number of benzene rings is 1. The Labute approximate surface area is 167 Å². The second kappa shape index (κ2) is 8.64. The summed E-state index contributed by atoms with van der Waals surface area (Å²) in [4.78, 5) is 6.54. The van der Waals surface area contributed by atoms with Gasteiger partial charge in [-0.15, -0.1) is 0 Å². The zero-order valence-corrected chi connectivity index (χ0v) is 16.7. The minimum Gasteiger partial charge on any atom is -0.493 e. The highest BCUT2D eigenvalue weighted by Crippen LogP contribution is 2.43. The number of aliphatic hydroxyl groups is 1. The molecule has 2 heterocycles. The molecule has 0 unspecified atom stereocenters. The van der Waals surface area contributed by atoms with Crippen molar-refractivity contribution in [3.63, 3.8) is 0 Å². The smallest absolute Gasteiger partial charge is 0.123 e. The van der Waals surface area contributed by atoms with E-state index in [1.165, 1.54) is 5.56 Å². The third-order valence-electron chi connectivity index (χ3n) is 6.40. The number of para-hydroxylation sites is 1. The highest BCUT2D eigenvalue weighted by molar-refractivity contribution is 5.33. The molecule has 1 aliphatic carbocycles. The Balaban J connectivity index is 1.38. The summed E-state index contributed by atoms with van der Waals surface area (Å²) in [6, 6.07) is 8.58. The zero-order chi connectivity index (χ0) is 19.4. The Morgan fingerprint density at radius 3 is 3.00 bits per heavy atom. The van der Waals surface area contributed by atoms with Crippen LogP contribution in [0.4, 0.5) is 0 Å². The van der Waals surface area contributed by atoms with Gasteiger partial charge in [-0.25, -0.2) is 4.98 Å². The predicted molar refractivity (Wildman–Crippen MR) is 107 cm³/mol. The minimum atomic E-state index is -0.219. The van der Waals surface area contributed by atoms with Crippen LogP contribution in [0.25, 0.3) is 0 Å². The first-order valence-corrected chi connectivity index (χ1v) is 10.3. The number of aliphatic hydroxyl groups excluding tert-OH is 1. The van der Waals surface area contributed by atoms with E-state index in [2.05, 4.69) is 32.7 Å². The highest BCUT2D eigenvalue weighted by atomic mass is 16.5. The Morgan fingerprint density at radius 2 is 2.18 bits per heavy atom. The lowest BCUT2D eigenvalue weighted by Crippen LogP contribution is -2.51. The number of hydrogen-bond acceptors (Lipinski definition) is 5. The molecule has 0 radical (unpaired) electrons. The van der Waals surface area contributed by atoms with Crippen LogP contribution in [-0.4, -0.2) is 57.6 Å². The Bertz CT molecular complexity index is 751. The molecule has 1 saturated carbocycles. The van der Waals surface area contributed by atoms with Gasteiger partial charge >= 0.3 is 0 Å². The van der Waals surface area contributed by atoms with Crippen LogP contribution >= 0.6 is 0 Å². The SMILES string of the molecule is CO[C@@]12CC[C@@H](O)C[C@@H]1N(Cc1ccccc1OCCCn1ccnc1)CC2. The molecule has 1 saturated heterocycles. The van der Waals surface area contributed by atoms with Gasteiger partial charge in [-0.3, -0.25) is 4.90 Å². The van der Waals surface area contributed by atoms with Gasteiger partial charge in [0.1, 0.15) is 5.75 Å². The second-order valence-corrected chi connectivity index (χ2v) is 8.04. The first-order valence-electron chi connectivity index (χ1n) is 10.3. The highest BCUT2D eigenvalue weighted by Gasteiger charge is 2.50. The maximum Gasteiger partial charge on any atom is 0.123 e. The summed E-state index contributed by atoms with van der Waals surface area (Å²) in [6.45, 7) is 3.42. The number of ether oxygens (including phenoxy) is 2. The number of imidazole rings is 1. The molecule has 0 amide bonds. The van der Waals surface area contributed by atoms with Gasteiger partial charge in [0.2, 0.25) is 0 Å². The number of fused-ring (bicyclic) bond motifs is 1. The fourth-order valence-corrected chi connectivity index (χ4v) is 4.80. The van der Waals surface area contributed by atoms with Crippen molar-refractivity contribution in [2.45, 2.75) is 62.9 Å². The van der Waals surface area contributed by atoms with E-state index in [0.29, 0.717) is 6.61 Å². The molecule has 2 aliphatic rings. The Kier molecular flexibility index (Phi) is 5.99. The van der Waals surface area contributed by atoms with Crippen molar-refractivity contribution in [3.05, 3.63) is 48.5 Å². The molecular formula is C22H31N3O3. The van der Waals surface area contributed by atoms with Crippen LogP contribution < -0.4 is 4.74 Å². The normalized spacial score (nSPS) is 27.6. The summed E-state index contributed by atoms with van der Waals surface area (Å²) in [5.41, 5.74) is 1.11. The number of rotatable bonds is 8. The van der Waals surface area contributed by atoms with Gasteiger partial charge in [-0.05, 0) is 38.2 Å². The molecule has 1 aromatic heterocycles. The molecule has 6 heteroatoms. The van der Waals surface area contributed by atoms with Crippen LogP contribution in [-0.2, 0) is 17.8 Å². The summed E-state index contributed by atoms with van der Waals surface area (Å²) < 4.78 is 14.2. The molecule has 6 nitrogen and oxygen atoms in total. The topological polar surface area (TPSA) is 59.8 Å². The Morgan fingerprint density at radius 1 is 1.29 bits per heavy atom. The summed E-state index contributed by atoms with van der Waals surface area (Å²) in [5.74, 6) is 0.958. The average Bonchev–Trinajstić information content (AvgIpc) is 3.35. The fraction of sp³-hybridized carbons (Fsp3) is 0.591. The number of aryl methyl sites for hydroxylation is 1. The third kappa shape index (κ3) is 4.09. The van der Waals surface area contributed by atoms with E-state index in [-0.39, 0.29) is 17.7 Å². The first kappa shape index (κ1) is 19.4. The number of methoxy groups -OCH3 is 1. The summed E-state index contributed by atoms with van der Waals surface area (Å²) in [5, 5.41) is 10.2. The van der Waals surface area contributed by atoms with Gasteiger partial charge in [0, 0.05) is 50.7 Å². The molecule has 4 rings (SSSR count). The van der Waals surface area contributed by atoms with E-state index in [1.54, 1.807) is 6.20 Å².